The van der Waals surface area contributed by atoms with Gasteiger partial charge in [0.05, 0.1) is 0 Å². The van der Waals surface area contributed by atoms with Crippen molar-refractivity contribution < 1.29 is 0 Å². The van der Waals surface area contributed by atoms with E-state index < -0.39 is 0 Å². The fourth-order valence-electron chi connectivity index (χ4n) is 2.77. The summed E-state index contributed by atoms with van der Waals surface area (Å²) in [5.41, 5.74) is 1.57. The number of hydrogen-bond donors (Lipinski definition) is 0. The molecule has 0 nitrogen and oxygen atoms in total. The molecule has 2 rings (SSSR count). The summed E-state index contributed by atoms with van der Waals surface area (Å²) in [4.78, 5) is 0. The lowest BCUT2D eigenvalue weighted by atomic mass is 9.89. The zero-order valence-corrected chi connectivity index (χ0v) is 10.5. The second-order valence-electron chi connectivity index (χ2n) is 5.36. The maximum atomic E-state index is 2.39. The van der Waals surface area contributed by atoms with Crippen molar-refractivity contribution in [1.82, 2.24) is 0 Å². The normalized spacial score (nSPS) is 28.1. The molecular formula is C16H24. The lowest BCUT2D eigenvalue weighted by Crippen LogP contribution is -2.02. The summed E-state index contributed by atoms with van der Waals surface area (Å²) in [5, 5.41) is 0. The minimum absolute atomic E-state index is 0.700. The molecule has 0 aromatic rings. The topological polar surface area (TPSA) is 0 Å². The van der Waals surface area contributed by atoms with Crippen LogP contribution in [0, 0.1) is 11.8 Å². The highest BCUT2D eigenvalue weighted by atomic mass is 14.2. The van der Waals surface area contributed by atoms with Crippen LogP contribution in [-0.4, -0.2) is 0 Å². The van der Waals surface area contributed by atoms with E-state index >= 15 is 0 Å². The van der Waals surface area contributed by atoms with Crippen molar-refractivity contribution in [1.29, 1.82) is 0 Å². The third-order valence-electron chi connectivity index (χ3n) is 3.88. The van der Waals surface area contributed by atoms with Gasteiger partial charge in [0, 0.05) is 0 Å². The van der Waals surface area contributed by atoms with E-state index in [1.165, 1.54) is 44.9 Å². The van der Waals surface area contributed by atoms with E-state index in [9.17, 15) is 0 Å². The van der Waals surface area contributed by atoms with Crippen LogP contribution in [0.2, 0.25) is 0 Å². The Bertz CT molecular complexity index is 285. The van der Waals surface area contributed by atoms with Crippen molar-refractivity contribution in [3.8, 4) is 0 Å². The Labute approximate surface area is 100 Å². The van der Waals surface area contributed by atoms with Crippen molar-refractivity contribution in [2.24, 2.45) is 11.8 Å². The van der Waals surface area contributed by atoms with Crippen molar-refractivity contribution in [3.05, 3.63) is 36.0 Å². The third-order valence-corrected chi connectivity index (χ3v) is 3.88. The Hall–Kier alpha value is -0.780. The highest BCUT2D eigenvalue weighted by Crippen LogP contribution is 2.30. The summed E-state index contributed by atoms with van der Waals surface area (Å²) < 4.78 is 0. The van der Waals surface area contributed by atoms with Gasteiger partial charge in [-0.05, 0) is 36.7 Å². The van der Waals surface area contributed by atoms with Crippen LogP contribution in [0.25, 0.3) is 0 Å². The second kappa shape index (κ2) is 6.08. The maximum Gasteiger partial charge on any atom is -0.0162 e. The van der Waals surface area contributed by atoms with E-state index in [-0.39, 0.29) is 0 Å². The molecule has 0 heteroatoms. The van der Waals surface area contributed by atoms with Gasteiger partial charge in [0.1, 0.15) is 0 Å². The average Bonchev–Trinajstić information content (AvgIpc) is 2.53. The van der Waals surface area contributed by atoms with Gasteiger partial charge in [-0.3, -0.25) is 0 Å². The smallest absolute Gasteiger partial charge is 0.0162 e. The van der Waals surface area contributed by atoms with Crippen LogP contribution < -0.4 is 0 Å². The van der Waals surface area contributed by atoms with Crippen molar-refractivity contribution in [2.75, 3.05) is 0 Å². The van der Waals surface area contributed by atoms with Crippen molar-refractivity contribution in [3.63, 3.8) is 0 Å². The van der Waals surface area contributed by atoms with Gasteiger partial charge in [0.2, 0.25) is 0 Å². The zero-order chi connectivity index (χ0) is 11.2. The molecule has 0 aromatic heterocycles. The molecule has 0 spiro atoms. The Kier molecular flexibility index (Phi) is 4.44. The maximum absolute atomic E-state index is 2.39. The quantitative estimate of drug-likeness (QED) is 0.539. The monoisotopic (exact) mass is 216 g/mol. The summed E-state index contributed by atoms with van der Waals surface area (Å²) in [7, 11) is 0. The molecule has 0 saturated heterocycles. The first kappa shape index (κ1) is 11.7. The van der Waals surface area contributed by atoms with Crippen LogP contribution in [0.15, 0.2) is 36.0 Å². The molecule has 0 heterocycles. The first-order valence-corrected chi connectivity index (χ1v) is 6.91. The van der Waals surface area contributed by atoms with Crippen LogP contribution in [0.1, 0.15) is 51.9 Å². The first-order chi connectivity index (χ1) is 7.86. The SMILES string of the molecule is CC1C=CC(C2CCCCCC2)=CC=CC1. The van der Waals surface area contributed by atoms with Gasteiger partial charge in [0.15, 0.2) is 0 Å². The zero-order valence-electron chi connectivity index (χ0n) is 10.5. The molecule has 0 radical (unpaired) electrons. The lowest BCUT2D eigenvalue weighted by Gasteiger charge is -2.16. The van der Waals surface area contributed by atoms with Gasteiger partial charge in [-0.2, -0.15) is 0 Å². The van der Waals surface area contributed by atoms with E-state index in [1.807, 2.05) is 0 Å². The molecule has 1 fully saturated rings. The van der Waals surface area contributed by atoms with Gasteiger partial charge >= 0.3 is 0 Å². The minimum atomic E-state index is 0.700. The summed E-state index contributed by atoms with van der Waals surface area (Å²) >= 11 is 0. The van der Waals surface area contributed by atoms with Gasteiger partial charge in [0.25, 0.3) is 0 Å². The van der Waals surface area contributed by atoms with E-state index in [4.69, 9.17) is 0 Å². The van der Waals surface area contributed by atoms with Crippen molar-refractivity contribution in [2.45, 2.75) is 51.9 Å². The fraction of sp³-hybridized carbons (Fsp3) is 0.625. The van der Waals surface area contributed by atoms with Crippen LogP contribution in [0.4, 0.5) is 0 Å². The Morgan fingerprint density at radius 3 is 2.56 bits per heavy atom. The van der Waals surface area contributed by atoms with Crippen LogP contribution >= 0.6 is 0 Å². The molecule has 0 N–H and O–H groups in total. The summed E-state index contributed by atoms with van der Waals surface area (Å²) in [5.74, 6) is 1.53. The Morgan fingerprint density at radius 2 is 1.81 bits per heavy atom. The molecule has 1 atom stereocenters. The number of allylic oxidation sites excluding steroid dienone is 6. The predicted molar refractivity (Wildman–Crippen MR) is 71.3 cm³/mol. The van der Waals surface area contributed by atoms with E-state index in [2.05, 4.69) is 37.3 Å². The van der Waals surface area contributed by atoms with Gasteiger partial charge in [-0.15, -0.1) is 0 Å². The molecule has 1 unspecified atom stereocenters. The van der Waals surface area contributed by atoms with E-state index in [0.717, 1.165) is 5.92 Å². The average molecular weight is 216 g/mol. The first-order valence-electron chi connectivity index (χ1n) is 6.91. The van der Waals surface area contributed by atoms with Gasteiger partial charge in [-0.1, -0.05) is 63.0 Å². The molecule has 0 aliphatic heterocycles. The van der Waals surface area contributed by atoms with E-state index in [0.29, 0.717) is 5.92 Å². The Balaban J connectivity index is 2.07. The second-order valence-corrected chi connectivity index (χ2v) is 5.36. The molecule has 2 aliphatic carbocycles. The van der Waals surface area contributed by atoms with Crippen LogP contribution in [0.5, 0.6) is 0 Å². The minimum Gasteiger partial charge on any atom is -0.0840 e. The van der Waals surface area contributed by atoms with Crippen LogP contribution in [-0.2, 0) is 0 Å². The largest absolute Gasteiger partial charge is 0.0840 e. The number of hydrogen-bond acceptors (Lipinski definition) is 0. The van der Waals surface area contributed by atoms with Crippen molar-refractivity contribution >= 4 is 0 Å². The summed E-state index contributed by atoms with van der Waals surface area (Å²) in [6.07, 6.45) is 21.4. The molecule has 0 aromatic carbocycles. The predicted octanol–water partition coefficient (Wildman–Crippen LogP) is 5.04. The van der Waals surface area contributed by atoms with Crippen LogP contribution in [0.3, 0.4) is 0 Å². The Morgan fingerprint density at radius 1 is 1.06 bits per heavy atom. The highest BCUT2D eigenvalue weighted by molar-refractivity contribution is 5.28. The molecule has 2 aliphatic rings. The third kappa shape index (κ3) is 3.37. The molecule has 88 valence electrons. The molecule has 0 amide bonds. The molecule has 16 heavy (non-hydrogen) atoms. The molecular weight excluding hydrogens is 192 g/mol. The highest BCUT2D eigenvalue weighted by Gasteiger charge is 2.15. The lowest BCUT2D eigenvalue weighted by molar-refractivity contribution is 0.538. The summed E-state index contributed by atoms with van der Waals surface area (Å²) in [6.45, 7) is 2.30. The standard InChI is InChI=1S/C16H24/c1-14-8-6-7-11-16(13-12-14)15-9-4-2-3-5-10-15/h6-7,11-15H,2-5,8-10H2,1H3. The van der Waals surface area contributed by atoms with E-state index in [1.54, 1.807) is 5.57 Å². The molecule has 1 saturated carbocycles. The number of rotatable bonds is 1. The summed E-state index contributed by atoms with van der Waals surface area (Å²) in [6, 6.07) is 0. The van der Waals surface area contributed by atoms with Gasteiger partial charge < -0.3 is 0 Å². The van der Waals surface area contributed by atoms with Gasteiger partial charge in [-0.25, -0.2) is 0 Å². The molecule has 0 bridgehead atoms. The fourth-order valence-corrected chi connectivity index (χ4v) is 2.77.